The van der Waals surface area contributed by atoms with Crippen LogP contribution in [0.15, 0.2) is 122 Å². The maximum absolute atomic E-state index is 13.7. The average molecular weight is 760 g/mol. The molecule has 0 saturated heterocycles. The Hall–Kier alpha value is -6.95. The summed E-state index contributed by atoms with van der Waals surface area (Å²) in [7, 11) is 0. The van der Waals surface area contributed by atoms with Crippen LogP contribution in [0.3, 0.4) is 0 Å². The number of carbonyl (C=O) groups excluding carboxylic acids is 4. The fraction of sp³-hybridized carbons (Fsp3) is 0.182. The third-order valence-electron chi connectivity index (χ3n) is 7.96. The Morgan fingerprint density at radius 3 is 1.64 bits per heavy atom. The van der Waals surface area contributed by atoms with Gasteiger partial charge in [0.2, 0.25) is 5.91 Å². The Kier molecular flexibility index (Phi) is 13.9. The van der Waals surface area contributed by atoms with Gasteiger partial charge in [-0.15, -0.1) is 0 Å². The zero-order valence-corrected chi connectivity index (χ0v) is 31.2. The Bertz CT molecular complexity index is 2190. The normalized spacial score (nSPS) is 10.6. The van der Waals surface area contributed by atoms with Gasteiger partial charge in [-0.2, -0.15) is 0 Å². The lowest BCUT2D eigenvalue weighted by atomic mass is 10.1. The molecule has 0 unspecified atom stereocenters. The van der Waals surface area contributed by atoms with Crippen LogP contribution in [-0.4, -0.2) is 36.9 Å². The predicted octanol–water partition coefficient (Wildman–Crippen LogP) is 8.82. The van der Waals surface area contributed by atoms with Crippen LogP contribution < -0.4 is 30.2 Å². The third-order valence-corrected chi connectivity index (χ3v) is 7.96. The molecule has 5 aromatic carbocycles. The Balaban J connectivity index is 1.38. The molecule has 5 aromatic rings. The summed E-state index contributed by atoms with van der Waals surface area (Å²) in [5.41, 5.74) is 3.19. The van der Waals surface area contributed by atoms with Crippen molar-refractivity contribution in [3.8, 4) is 17.2 Å². The van der Waals surface area contributed by atoms with E-state index in [9.17, 15) is 23.6 Å². The van der Waals surface area contributed by atoms with Gasteiger partial charge in [0.25, 0.3) is 11.8 Å². The molecule has 11 nitrogen and oxygen atoms in total. The summed E-state index contributed by atoms with van der Waals surface area (Å²) in [6, 6.07) is 29.0. The number of esters is 1. The van der Waals surface area contributed by atoms with Crippen molar-refractivity contribution < 1.29 is 42.5 Å². The van der Waals surface area contributed by atoms with Crippen LogP contribution >= 0.6 is 0 Å². The molecule has 0 aliphatic carbocycles. The van der Waals surface area contributed by atoms with Crippen LogP contribution in [0.5, 0.6) is 17.2 Å². The molecule has 0 aliphatic heterocycles. The van der Waals surface area contributed by atoms with Crippen molar-refractivity contribution >= 4 is 40.8 Å². The quantitative estimate of drug-likeness (QED) is 0.0631. The Morgan fingerprint density at radius 1 is 0.643 bits per heavy atom. The van der Waals surface area contributed by atoms with Crippen molar-refractivity contribution in [1.29, 1.82) is 0 Å². The summed E-state index contributed by atoms with van der Waals surface area (Å²) >= 11 is 0. The van der Waals surface area contributed by atoms with Crippen LogP contribution in [0.2, 0.25) is 0 Å². The van der Waals surface area contributed by atoms with Crippen molar-refractivity contribution in [2.45, 2.75) is 34.0 Å². The number of nitrogens with one attached hydrogen (secondary N) is 3. The molecule has 0 bridgehead atoms. The standard InChI is InChI=1S/C44H42FN3O8/c1-5-21-53-44(52)34-15-20-38(41(24-34)56-27-31-11-16-35(45)17-12-31)48-43(51)33-14-19-37(40(23-33)54-25-28(2)3)47-42(50)32-13-18-36(46-29(4)49)39(22-32)55-26-30-9-7-6-8-10-30/h5-20,22-24,28H,1,21,25-27H2,2-4H3,(H,46,49)(H,47,50)(H,48,51). The maximum Gasteiger partial charge on any atom is 0.338 e. The van der Waals surface area contributed by atoms with Gasteiger partial charge in [-0.05, 0) is 83.8 Å². The van der Waals surface area contributed by atoms with Crippen LogP contribution in [0.4, 0.5) is 21.5 Å². The molecular weight excluding hydrogens is 717 g/mol. The molecule has 3 N–H and O–H groups in total. The van der Waals surface area contributed by atoms with Crippen molar-refractivity contribution in [3.05, 3.63) is 155 Å². The predicted molar refractivity (Wildman–Crippen MR) is 212 cm³/mol. The molecule has 12 heteroatoms. The number of carbonyl (C=O) groups is 4. The van der Waals surface area contributed by atoms with E-state index in [1.54, 1.807) is 36.4 Å². The lowest BCUT2D eigenvalue weighted by molar-refractivity contribution is -0.114. The van der Waals surface area contributed by atoms with E-state index in [0.717, 1.165) is 5.56 Å². The molecule has 288 valence electrons. The van der Waals surface area contributed by atoms with Gasteiger partial charge in [-0.25, -0.2) is 9.18 Å². The zero-order valence-electron chi connectivity index (χ0n) is 31.2. The largest absolute Gasteiger partial charge is 0.491 e. The lowest BCUT2D eigenvalue weighted by Gasteiger charge is -2.17. The SMILES string of the molecule is C=CCOC(=O)c1ccc(NC(=O)c2ccc(NC(=O)c3ccc(NC(C)=O)c(OCc4ccccc4)c3)c(OCC(C)C)c2)c(OCc2ccc(F)cc2)c1. The third kappa shape index (κ3) is 11.5. The fourth-order valence-electron chi connectivity index (χ4n) is 5.17. The van der Waals surface area contributed by atoms with Crippen molar-refractivity contribution in [2.75, 3.05) is 29.2 Å². The minimum atomic E-state index is -0.612. The maximum atomic E-state index is 13.7. The highest BCUT2D eigenvalue weighted by Gasteiger charge is 2.19. The van der Waals surface area contributed by atoms with Crippen molar-refractivity contribution in [1.82, 2.24) is 0 Å². The van der Waals surface area contributed by atoms with Gasteiger partial charge < -0.3 is 34.9 Å². The highest BCUT2D eigenvalue weighted by atomic mass is 19.1. The monoisotopic (exact) mass is 759 g/mol. The van der Waals surface area contributed by atoms with E-state index in [1.165, 1.54) is 55.5 Å². The number of anilines is 3. The van der Waals surface area contributed by atoms with E-state index in [0.29, 0.717) is 29.3 Å². The van der Waals surface area contributed by atoms with E-state index < -0.39 is 23.6 Å². The number of hydrogen-bond acceptors (Lipinski definition) is 8. The molecule has 0 aliphatic rings. The highest BCUT2D eigenvalue weighted by Crippen LogP contribution is 2.32. The van der Waals surface area contributed by atoms with Gasteiger partial charge >= 0.3 is 5.97 Å². The van der Waals surface area contributed by atoms with E-state index in [1.807, 2.05) is 44.2 Å². The summed E-state index contributed by atoms with van der Waals surface area (Å²) in [6.07, 6.45) is 1.44. The lowest BCUT2D eigenvalue weighted by Crippen LogP contribution is -2.17. The molecular formula is C44H42FN3O8. The van der Waals surface area contributed by atoms with Gasteiger partial charge in [-0.1, -0.05) is 69.0 Å². The van der Waals surface area contributed by atoms with E-state index in [4.69, 9.17) is 18.9 Å². The molecule has 0 aromatic heterocycles. The summed E-state index contributed by atoms with van der Waals surface area (Å²) < 4.78 is 36.7. The topological polar surface area (TPSA) is 141 Å². The second-order valence-corrected chi connectivity index (χ2v) is 13.0. The molecule has 5 rings (SSSR count). The molecule has 0 heterocycles. The molecule has 0 spiro atoms. The van der Waals surface area contributed by atoms with Gasteiger partial charge in [0.15, 0.2) is 0 Å². The van der Waals surface area contributed by atoms with Gasteiger partial charge in [0, 0.05) is 18.1 Å². The van der Waals surface area contributed by atoms with Crippen LogP contribution in [0.25, 0.3) is 0 Å². The second kappa shape index (κ2) is 19.4. The molecule has 56 heavy (non-hydrogen) atoms. The summed E-state index contributed by atoms with van der Waals surface area (Å²) in [5.74, 6) is -1.45. The molecule has 0 fully saturated rings. The van der Waals surface area contributed by atoms with E-state index in [2.05, 4.69) is 22.5 Å². The van der Waals surface area contributed by atoms with Crippen molar-refractivity contribution in [3.63, 3.8) is 0 Å². The van der Waals surface area contributed by atoms with E-state index >= 15 is 0 Å². The van der Waals surface area contributed by atoms with Crippen LogP contribution in [-0.2, 0) is 22.7 Å². The average Bonchev–Trinajstić information content (AvgIpc) is 3.19. The molecule has 3 amide bonds. The number of ether oxygens (including phenoxy) is 4. The summed E-state index contributed by atoms with van der Waals surface area (Å²) in [4.78, 5) is 51.8. The minimum absolute atomic E-state index is 0.00977. The molecule has 0 saturated carbocycles. The highest BCUT2D eigenvalue weighted by molar-refractivity contribution is 6.08. The zero-order chi connectivity index (χ0) is 40.0. The van der Waals surface area contributed by atoms with Crippen LogP contribution in [0.1, 0.15) is 63.0 Å². The van der Waals surface area contributed by atoms with Gasteiger partial charge in [0.05, 0.1) is 29.2 Å². The van der Waals surface area contributed by atoms with Crippen molar-refractivity contribution in [2.24, 2.45) is 5.92 Å². The number of hydrogen-bond donors (Lipinski definition) is 3. The smallest absolute Gasteiger partial charge is 0.338 e. The number of rotatable bonds is 17. The summed E-state index contributed by atoms with van der Waals surface area (Å²) in [6.45, 7) is 9.40. The minimum Gasteiger partial charge on any atom is -0.491 e. The van der Waals surface area contributed by atoms with E-state index in [-0.39, 0.29) is 65.5 Å². The molecule has 0 radical (unpaired) electrons. The number of amides is 3. The first-order valence-corrected chi connectivity index (χ1v) is 17.8. The number of benzene rings is 5. The van der Waals surface area contributed by atoms with Gasteiger partial charge in [-0.3, -0.25) is 14.4 Å². The van der Waals surface area contributed by atoms with Crippen LogP contribution in [0, 0.1) is 11.7 Å². The second-order valence-electron chi connectivity index (χ2n) is 13.0. The summed E-state index contributed by atoms with van der Waals surface area (Å²) in [5, 5.41) is 8.43. The first-order chi connectivity index (χ1) is 27.0. The first kappa shape index (κ1) is 40.2. The fourth-order valence-corrected chi connectivity index (χ4v) is 5.17. The Morgan fingerprint density at radius 2 is 1.12 bits per heavy atom. The molecule has 0 atom stereocenters. The number of halogens is 1. The van der Waals surface area contributed by atoms with Gasteiger partial charge in [0.1, 0.15) is 42.9 Å². The first-order valence-electron chi connectivity index (χ1n) is 17.8. The Labute approximate surface area is 324 Å².